The molecule has 6 heteroatoms. The van der Waals surface area contributed by atoms with Crippen molar-refractivity contribution in [2.24, 2.45) is 0 Å². The molecule has 1 N–H and O–H groups in total. The minimum Gasteiger partial charge on any atom is -0.377 e. The first kappa shape index (κ1) is 17.3. The van der Waals surface area contributed by atoms with E-state index in [-0.39, 0.29) is 6.10 Å². The van der Waals surface area contributed by atoms with Crippen molar-refractivity contribution >= 4 is 5.69 Å². The number of hydrogen-bond acceptors (Lipinski definition) is 6. The van der Waals surface area contributed by atoms with Gasteiger partial charge in [0.1, 0.15) is 11.9 Å². The van der Waals surface area contributed by atoms with Gasteiger partial charge in [0.25, 0.3) is 0 Å². The molecule has 1 saturated heterocycles. The zero-order valence-electron chi connectivity index (χ0n) is 14.4. The molecule has 130 valence electrons. The number of aryl methyl sites for hydroxylation is 1. The topological polar surface area (TPSA) is 80.1 Å². The second kappa shape index (κ2) is 8.56. The van der Waals surface area contributed by atoms with E-state index < -0.39 is 0 Å². The summed E-state index contributed by atoms with van der Waals surface area (Å²) in [6.45, 7) is 4.44. The SMILES string of the molecule is Cc1ncc(NCc2cccc(COCC3CCCO3)c2)c(C#N)n1. The molecule has 6 nitrogen and oxygen atoms in total. The molecule has 2 aromatic rings. The Labute approximate surface area is 147 Å². The molecule has 1 unspecified atom stereocenters. The molecule has 1 aliphatic heterocycles. The molecule has 1 aliphatic rings. The molecule has 0 spiro atoms. The molecule has 0 aliphatic carbocycles. The van der Waals surface area contributed by atoms with Gasteiger partial charge in [-0.2, -0.15) is 5.26 Å². The number of ether oxygens (including phenoxy) is 2. The van der Waals surface area contributed by atoms with Crippen molar-refractivity contribution in [3.8, 4) is 6.07 Å². The van der Waals surface area contributed by atoms with Crippen molar-refractivity contribution in [1.29, 1.82) is 5.26 Å². The Morgan fingerprint density at radius 3 is 3.08 bits per heavy atom. The van der Waals surface area contributed by atoms with Gasteiger partial charge in [-0.1, -0.05) is 24.3 Å². The highest BCUT2D eigenvalue weighted by Crippen LogP contribution is 2.15. The Kier molecular flexibility index (Phi) is 5.94. The zero-order valence-corrected chi connectivity index (χ0v) is 14.4. The summed E-state index contributed by atoms with van der Waals surface area (Å²) in [6, 6.07) is 10.3. The third kappa shape index (κ3) is 4.99. The van der Waals surface area contributed by atoms with Crippen LogP contribution in [-0.4, -0.2) is 29.3 Å². The van der Waals surface area contributed by atoms with E-state index in [0.717, 1.165) is 30.6 Å². The van der Waals surface area contributed by atoms with Crippen LogP contribution in [0.4, 0.5) is 5.69 Å². The highest BCUT2D eigenvalue weighted by Gasteiger charge is 2.15. The van der Waals surface area contributed by atoms with E-state index in [1.807, 2.05) is 12.1 Å². The zero-order chi connectivity index (χ0) is 17.5. The van der Waals surface area contributed by atoms with E-state index in [1.165, 1.54) is 0 Å². The smallest absolute Gasteiger partial charge is 0.167 e. The fourth-order valence-electron chi connectivity index (χ4n) is 2.80. The molecule has 0 saturated carbocycles. The van der Waals surface area contributed by atoms with Crippen LogP contribution < -0.4 is 5.32 Å². The lowest BCUT2D eigenvalue weighted by molar-refractivity contribution is 0.0106. The minimum absolute atomic E-state index is 0.246. The fraction of sp³-hybridized carbons (Fsp3) is 0.421. The monoisotopic (exact) mass is 338 g/mol. The maximum Gasteiger partial charge on any atom is 0.167 e. The van der Waals surface area contributed by atoms with Crippen LogP contribution in [0.5, 0.6) is 0 Å². The number of nitrogens with one attached hydrogen (secondary N) is 1. The summed E-state index contributed by atoms with van der Waals surface area (Å²) in [6.07, 6.45) is 4.11. The van der Waals surface area contributed by atoms with Gasteiger partial charge >= 0.3 is 0 Å². The molecule has 25 heavy (non-hydrogen) atoms. The second-order valence-electron chi connectivity index (χ2n) is 6.11. The summed E-state index contributed by atoms with van der Waals surface area (Å²) in [5, 5.41) is 12.4. The molecule has 1 fully saturated rings. The molecule has 0 bridgehead atoms. The van der Waals surface area contributed by atoms with Crippen LogP contribution in [-0.2, 0) is 22.6 Å². The van der Waals surface area contributed by atoms with Crippen LogP contribution in [0, 0.1) is 18.3 Å². The predicted molar refractivity (Wildman–Crippen MR) is 93.9 cm³/mol. The molecule has 1 aromatic carbocycles. The van der Waals surface area contributed by atoms with E-state index in [4.69, 9.17) is 14.7 Å². The number of nitrogens with zero attached hydrogens (tertiary/aromatic N) is 3. The van der Waals surface area contributed by atoms with Crippen LogP contribution in [0.25, 0.3) is 0 Å². The average Bonchev–Trinajstić information content (AvgIpc) is 3.14. The third-order valence-electron chi connectivity index (χ3n) is 4.09. The second-order valence-corrected chi connectivity index (χ2v) is 6.11. The molecular weight excluding hydrogens is 316 g/mol. The Morgan fingerprint density at radius 2 is 2.28 bits per heavy atom. The third-order valence-corrected chi connectivity index (χ3v) is 4.09. The van der Waals surface area contributed by atoms with Crippen molar-refractivity contribution in [1.82, 2.24) is 9.97 Å². The highest BCUT2D eigenvalue weighted by atomic mass is 16.5. The van der Waals surface area contributed by atoms with Crippen LogP contribution in [0.3, 0.4) is 0 Å². The Balaban J connectivity index is 1.54. The molecule has 3 rings (SSSR count). The van der Waals surface area contributed by atoms with Crippen molar-refractivity contribution in [3.63, 3.8) is 0 Å². The van der Waals surface area contributed by atoms with E-state index in [1.54, 1.807) is 13.1 Å². The van der Waals surface area contributed by atoms with Gasteiger partial charge in [0.2, 0.25) is 0 Å². The Hall–Kier alpha value is -2.49. The van der Waals surface area contributed by atoms with E-state index in [2.05, 4.69) is 33.5 Å². The first-order valence-electron chi connectivity index (χ1n) is 8.49. The van der Waals surface area contributed by atoms with Gasteiger partial charge in [-0.05, 0) is 30.9 Å². The molecular formula is C19H22N4O2. The molecule has 0 radical (unpaired) electrons. The number of aromatic nitrogens is 2. The number of nitriles is 1. The van der Waals surface area contributed by atoms with Gasteiger partial charge in [0.15, 0.2) is 5.69 Å². The maximum absolute atomic E-state index is 9.16. The lowest BCUT2D eigenvalue weighted by Gasteiger charge is -2.11. The normalized spacial score (nSPS) is 16.6. The molecule has 1 atom stereocenters. The number of hydrogen-bond donors (Lipinski definition) is 1. The standard InChI is InChI=1S/C19H22N4O2/c1-14-21-11-19(18(9-20)23-14)22-10-15-4-2-5-16(8-15)12-24-13-17-6-3-7-25-17/h2,4-5,8,11,17,22H,3,6-7,10,12-13H2,1H3. The highest BCUT2D eigenvalue weighted by molar-refractivity contribution is 5.52. The van der Waals surface area contributed by atoms with Crippen molar-refractivity contribution in [2.45, 2.75) is 39.0 Å². The lowest BCUT2D eigenvalue weighted by Crippen LogP contribution is -2.13. The number of anilines is 1. The summed E-state index contributed by atoms with van der Waals surface area (Å²) in [5.41, 5.74) is 3.25. The van der Waals surface area contributed by atoms with Gasteiger partial charge in [-0.25, -0.2) is 9.97 Å². The number of benzene rings is 1. The van der Waals surface area contributed by atoms with Crippen molar-refractivity contribution in [3.05, 3.63) is 53.1 Å². The van der Waals surface area contributed by atoms with Gasteiger partial charge in [0, 0.05) is 13.2 Å². The van der Waals surface area contributed by atoms with Crippen molar-refractivity contribution < 1.29 is 9.47 Å². The van der Waals surface area contributed by atoms with Crippen LogP contribution in [0.15, 0.2) is 30.5 Å². The quantitative estimate of drug-likeness (QED) is 0.836. The van der Waals surface area contributed by atoms with Gasteiger partial charge < -0.3 is 14.8 Å². The average molecular weight is 338 g/mol. The Bertz CT molecular complexity index is 751. The van der Waals surface area contributed by atoms with E-state index in [0.29, 0.717) is 37.0 Å². The first-order chi connectivity index (χ1) is 12.2. The minimum atomic E-state index is 0.246. The van der Waals surface area contributed by atoms with Crippen molar-refractivity contribution in [2.75, 3.05) is 18.5 Å². The Morgan fingerprint density at radius 1 is 1.40 bits per heavy atom. The van der Waals surface area contributed by atoms with E-state index >= 15 is 0 Å². The summed E-state index contributed by atoms with van der Waals surface area (Å²) in [7, 11) is 0. The molecule has 2 heterocycles. The van der Waals surface area contributed by atoms with Gasteiger partial charge in [-0.15, -0.1) is 0 Å². The summed E-state index contributed by atoms with van der Waals surface area (Å²) in [5.74, 6) is 0.590. The predicted octanol–water partition coefficient (Wildman–Crippen LogP) is 2.96. The van der Waals surface area contributed by atoms with Crippen LogP contribution >= 0.6 is 0 Å². The van der Waals surface area contributed by atoms with Crippen LogP contribution in [0.1, 0.15) is 35.5 Å². The van der Waals surface area contributed by atoms with Gasteiger partial charge in [-0.3, -0.25) is 0 Å². The number of rotatable bonds is 7. The first-order valence-corrected chi connectivity index (χ1v) is 8.49. The summed E-state index contributed by atoms with van der Waals surface area (Å²) >= 11 is 0. The molecule has 0 amide bonds. The fourth-order valence-corrected chi connectivity index (χ4v) is 2.80. The largest absolute Gasteiger partial charge is 0.377 e. The van der Waals surface area contributed by atoms with Crippen LogP contribution in [0.2, 0.25) is 0 Å². The summed E-state index contributed by atoms with van der Waals surface area (Å²) in [4.78, 5) is 8.27. The summed E-state index contributed by atoms with van der Waals surface area (Å²) < 4.78 is 11.3. The maximum atomic E-state index is 9.16. The lowest BCUT2D eigenvalue weighted by atomic mass is 10.1. The van der Waals surface area contributed by atoms with E-state index in [9.17, 15) is 0 Å². The van der Waals surface area contributed by atoms with Gasteiger partial charge in [0.05, 0.1) is 31.2 Å². The molecule has 1 aromatic heterocycles.